The van der Waals surface area contributed by atoms with Crippen LogP contribution in [0.25, 0.3) is 0 Å². The molecule has 0 bridgehead atoms. The van der Waals surface area contributed by atoms with Crippen LogP contribution < -0.4 is 0 Å². The lowest BCUT2D eigenvalue weighted by Gasteiger charge is -2.41. The van der Waals surface area contributed by atoms with Gasteiger partial charge >= 0.3 is 0 Å². The maximum atomic E-state index is 9.84. The average molecular weight is 171 g/mol. The lowest BCUT2D eigenvalue weighted by atomic mass is 9.86. The van der Waals surface area contributed by atoms with Crippen molar-refractivity contribution in [1.82, 2.24) is 4.90 Å². The predicted octanol–water partition coefficient (Wildman–Crippen LogP) is 1.34. The van der Waals surface area contributed by atoms with Crippen molar-refractivity contribution in [2.45, 2.75) is 39.3 Å². The highest BCUT2D eigenvalue weighted by atomic mass is 16.3. The summed E-state index contributed by atoms with van der Waals surface area (Å²) < 4.78 is 0. The Bertz CT molecular complexity index is 135. The van der Waals surface area contributed by atoms with Crippen LogP contribution in [0.4, 0.5) is 0 Å². The summed E-state index contributed by atoms with van der Waals surface area (Å²) in [6.45, 7) is 7.69. The molecule has 72 valence electrons. The molecule has 0 amide bonds. The first-order valence-corrected chi connectivity index (χ1v) is 4.90. The van der Waals surface area contributed by atoms with Crippen LogP contribution in [0.5, 0.6) is 0 Å². The van der Waals surface area contributed by atoms with Gasteiger partial charge in [0.1, 0.15) is 0 Å². The Hall–Kier alpha value is -0.0800. The lowest BCUT2D eigenvalue weighted by molar-refractivity contribution is -0.0179. The number of piperidine rings is 1. The minimum absolute atomic E-state index is 0.126. The van der Waals surface area contributed by atoms with E-state index >= 15 is 0 Å². The van der Waals surface area contributed by atoms with Crippen molar-refractivity contribution >= 4 is 0 Å². The van der Waals surface area contributed by atoms with E-state index in [1.54, 1.807) is 0 Å². The van der Waals surface area contributed by atoms with E-state index in [0.29, 0.717) is 17.9 Å². The van der Waals surface area contributed by atoms with Crippen molar-refractivity contribution in [2.75, 3.05) is 13.6 Å². The zero-order valence-corrected chi connectivity index (χ0v) is 8.62. The summed E-state index contributed by atoms with van der Waals surface area (Å²) in [4.78, 5) is 2.30. The molecule has 1 saturated heterocycles. The summed E-state index contributed by atoms with van der Waals surface area (Å²) in [6.07, 6.45) is 0.839. The first-order valence-electron chi connectivity index (χ1n) is 4.90. The van der Waals surface area contributed by atoms with E-state index in [1.807, 2.05) is 0 Å². The molecule has 1 aliphatic rings. The molecule has 3 atom stereocenters. The monoisotopic (exact) mass is 171 g/mol. The molecule has 0 spiro atoms. The van der Waals surface area contributed by atoms with Crippen molar-refractivity contribution < 1.29 is 5.11 Å². The number of rotatable bonds is 1. The van der Waals surface area contributed by atoms with Gasteiger partial charge in [0.2, 0.25) is 0 Å². The molecule has 1 aliphatic heterocycles. The smallest absolute Gasteiger partial charge is 0.0700 e. The molecule has 0 saturated carbocycles. The molecule has 0 aromatic rings. The van der Waals surface area contributed by atoms with Gasteiger partial charge in [-0.05, 0) is 25.3 Å². The summed E-state index contributed by atoms with van der Waals surface area (Å²) in [5.41, 5.74) is 0. The Kier molecular flexibility index (Phi) is 3.13. The van der Waals surface area contributed by atoms with E-state index in [0.717, 1.165) is 13.0 Å². The van der Waals surface area contributed by atoms with Crippen LogP contribution in [0, 0.1) is 11.8 Å². The SMILES string of the molecule is CC(C)[C@H]1[C@H](O)C[C@@H](C)CN1C. The fourth-order valence-electron chi connectivity index (χ4n) is 2.49. The summed E-state index contributed by atoms with van der Waals surface area (Å²) in [5, 5.41) is 9.84. The van der Waals surface area contributed by atoms with Crippen LogP contribution in [0.15, 0.2) is 0 Å². The predicted molar refractivity (Wildman–Crippen MR) is 51.0 cm³/mol. The number of nitrogens with zero attached hydrogens (tertiary/aromatic N) is 1. The summed E-state index contributed by atoms with van der Waals surface area (Å²) >= 11 is 0. The van der Waals surface area contributed by atoms with Crippen molar-refractivity contribution in [3.63, 3.8) is 0 Å². The molecule has 0 aliphatic carbocycles. The van der Waals surface area contributed by atoms with Crippen LogP contribution in [-0.4, -0.2) is 35.7 Å². The Morgan fingerprint density at radius 2 is 2.00 bits per heavy atom. The van der Waals surface area contributed by atoms with Gasteiger partial charge in [-0.1, -0.05) is 20.8 Å². The van der Waals surface area contributed by atoms with Crippen molar-refractivity contribution in [1.29, 1.82) is 0 Å². The second-order valence-electron chi connectivity index (χ2n) is 4.58. The highest BCUT2D eigenvalue weighted by Gasteiger charge is 2.32. The minimum atomic E-state index is -0.126. The quantitative estimate of drug-likeness (QED) is 0.643. The third-order valence-electron chi connectivity index (χ3n) is 2.83. The standard InChI is InChI=1S/C10H21NO/c1-7(2)10-9(12)5-8(3)6-11(10)4/h7-10,12H,5-6H2,1-4H3/t8-,9-,10+/m1/s1. The molecule has 2 heteroatoms. The summed E-state index contributed by atoms with van der Waals surface area (Å²) in [6, 6.07) is 0.362. The number of likely N-dealkylation sites (N-methyl/N-ethyl adjacent to an activating group) is 1. The maximum Gasteiger partial charge on any atom is 0.0700 e. The molecule has 0 aromatic heterocycles. The second kappa shape index (κ2) is 3.75. The molecule has 0 unspecified atom stereocenters. The van der Waals surface area contributed by atoms with Gasteiger partial charge in [-0.25, -0.2) is 0 Å². The van der Waals surface area contributed by atoms with Gasteiger partial charge in [-0.2, -0.15) is 0 Å². The number of aliphatic hydroxyl groups is 1. The summed E-state index contributed by atoms with van der Waals surface area (Å²) in [7, 11) is 2.11. The van der Waals surface area contributed by atoms with Gasteiger partial charge in [0.05, 0.1) is 6.10 Å². The van der Waals surface area contributed by atoms with E-state index in [4.69, 9.17) is 0 Å². The van der Waals surface area contributed by atoms with E-state index in [1.165, 1.54) is 0 Å². The first kappa shape index (κ1) is 10.0. The third kappa shape index (κ3) is 1.99. The van der Waals surface area contributed by atoms with Gasteiger partial charge < -0.3 is 10.0 Å². The normalized spacial score (nSPS) is 39.0. The largest absolute Gasteiger partial charge is 0.391 e. The van der Waals surface area contributed by atoms with Gasteiger partial charge in [-0.15, -0.1) is 0 Å². The Balaban J connectivity index is 2.60. The molecule has 1 fully saturated rings. The molecular formula is C10H21NO. The van der Waals surface area contributed by atoms with Gasteiger partial charge in [-0.3, -0.25) is 0 Å². The third-order valence-corrected chi connectivity index (χ3v) is 2.83. The van der Waals surface area contributed by atoms with Crippen LogP contribution in [0.2, 0.25) is 0 Å². The first-order chi connectivity index (χ1) is 5.52. The van der Waals surface area contributed by atoms with Crippen LogP contribution in [0.3, 0.4) is 0 Å². The number of hydrogen-bond acceptors (Lipinski definition) is 2. The van der Waals surface area contributed by atoms with Crippen molar-refractivity contribution in [2.24, 2.45) is 11.8 Å². The number of aliphatic hydroxyl groups excluding tert-OH is 1. The Labute approximate surface area is 75.6 Å². The van der Waals surface area contributed by atoms with Crippen LogP contribution in [0.1, 0.15) is 27.2 Å². The topological polar surface area (TPSA) is 23.5 Å². The van der Waals surface area contributed by atoms with Crippen molar-refractivity contribution in [3.05, 3.63) is 0 Å². The summed E-state index contributed by atoms with van der Waals surface area (Å²) in [5.74, 6) is 1.19. The van der Waals surface area contributed by atoms with Crippen LogP contribution in [-0.2, 0) is 0 Å². The van der Waals surface area contributed by atoms with E-state index < -0.39 is 0 Å². The van der Waals surface area contributed by atoms with E-state index in [2.05, 4.69) is 32.7 Å². The number of likely N-dealkylation sites (tertiary alicyclic amines) is 1. The maximum absolute atomic E-state index is 9.84. The zero-order valence-electron chi connectivity index (χ0n) is 8.62. The molecule has 1 N–H and O–H groups in total. The molecule has 2 nitrogen and oxygen atoms in total. The molecular weight excluding hydrogens is 150 g/mol. The average Bonchev–Trinajstić information content (AvgIpc) is 1.82. The Morgan fingerprint density at radius 1 is 1.42 bits per heavy atom. The van der Waals surface area contributed by atoms with Gasteiger partial charge in [0.25, 0.3) is 0 Å². The molecule has 1 rings (SSSR count). The van der Waals surface area contributed by atoms with E-state index in [9.17, 15) is 5.11 Å². The second-order valence-corrected chi connectivity index (χ2v) is 4.58. The van der Waals surface area contributed by atoms with Gasteiger partial charge in [0.15, 0.2) is 0 Å². The Morgan fingerprint density at radius 3 is 2.42 bits per heavy atom. The fourth-order valence-corrected chi connectivity index (χ4v) is 2.49. The highest BCUT2D eigenvalue weighted by Crippen LogP contribution is 2.25. The fraction of sp³-hybridized carbons (Fsp3) is 1.00. The highest BCUT2D eigenvalue weighted by molar-refractivity contribution is 4.86. The molecule has 1 heterocycles. The van der Waals surface area contributed by atoms with E-state index in [-0.39, 0.29) is 6.10 Å². The minimum Gasteiger partial charge on any atom is -0.391 e. The molecule has 12 heavy (non-hydrogen) atoms. The zero-order chi connectivity index (χ0) is 9.30. The van der Waals surface area contributed by atoms with Gasteiger partial charge in [0, 0.05) is 12.6 Å². The lowest BCUT2D eigenvalue weighted by Crippen LogP contribution is -2.51. The molecule has 0 radical (unpaired) electrons. The van der Waals surface area contributed by atoms with Crippen molar-refractivity contribution in [3.8, 4) is 0 Å². The number of hydrogen-bond donors (Lipinski definition) is 1. The van der Waals surface area contributed by atoms with Crippen LogP contribution >= 0.6 is 0 Å². The molecule has 0 aromatic carbocycles.